The Morgan fingerprint density at radius 1 is 0.585 bits per heavy atom. The topological polar surface area (TPSA) is 111 Å². The third-order valence-corrected chi connectivity index (χ3v) is 7.55. The van der Waals surface area contributed by atoms with Gasteiger partial charge in [0.2, 0.25) is 9.84 Å². The molecule has 4 rings (SSSR count). The van der Waals surface area contributed by atoms with E-state index in [2.05, 4.69) is 23.8 Å². The molecule has 208 valence electrons. The standard InChI is InChI=1S/C32H28N2O6S/c1-21(2)31(35)33-27-9-5-7-11-29(27)39-23-13-17-25(18-14-23)41(37,38)26-19-15-24(16-20-26)40-30-12-8-6-10-28(30)34-32(36)22(3)4/h5-20H,1,3H2,2,4H3,(H,33,35)(H,34,36). The molecule has 0 atom stereocenters. The summed E-state index contributed by atoms with van der Waals surface area (Å²) in [6.45, 7) is 10.5. The molecule has 0 spiro atoms. The predicted octanol–water partition coefficient (Wildman–Crippen LogP) is 7.13. The lowest BCUT2D eigenvalue weighted by molar-refractivity contribution is -0.113. The van der Waals surface area contributed by atoms with Gasteiger partial charge in [-0.05, 0) is 86.6 Å². The Kier molecular flexibility index (Phi) is 8.69. The van der Waals surface area contributed by atoms with Gasteiger partial charge in [-0.15, -0.1) is 0 Å². The first-order valence-electron chi connectivity index (χ1n) is 12.5. The normalized spacial score (nSPS) is 10.8. The number of ether oxygens (including phenoxy) is 2. The van der Waals surface area contributed by atoms with E-state index in [1.165, 1.54) is 48.5 Å². The number of hydrogen-bond acceptors (Lipinski definition) is 6. The van der Waals surface area contributed by atoms with Gasteiger partial charge in [0.1, 0.15) is 11.5 Å². The molecule has 0 radical (unpaired) electrons. The first kappa shape index (κ1) is 28.8. The summed E-state index contributed by atoms with van der Waals surface area (Å²) in [4.78, 5) is 24.2. The predicted molar refractivity (Wildman–Crippen MR) is 158 cm³/mol. The second-order valence-corrected chi connectivity index (χ2v) is 11.1. The summed E-state index contributed by atoms with van der Waals surface area (Å²) >= 11 is 0. The highest BCUT2D eigenvalue weighted by Crippen LogP contribution is 2.33. The molecule has 0 aromatic heterocycles. The van der Waals surface area contributed by atoms with Crippen LogP contribution in [0.25, 0.3) is 0 Å². The van der Waals surface area contributed by atoms with Crippen molar-refractivity contribution in [3.8, 4) is 23.0 Å². The fraction of sp³-hybridized carbons (Fsp3) is 0.0625. The highest BCUT2D eigenvalue weighted by Gasteiger charge is 2.19. The molecule has 0 saturated carbocycles. The van der Waals surface area contributed by atoms with Gasteiger partial charge in [-0.3, -0.25) is 9.59 Å². The van der Waals surface area contributed by atoms with E-state index in [1.807, 2.05) is 0 Å². The van der Waals surface area contributed by atoms with Crippen LogP contribution in [0.5, 0.6) is 23.0 Å². The maximum absolute atomic E-state index is 13.3. The summed E-state index contributed by atoms with van der Waals surface area (Å²) in [7, 11) is -3.83. The minimum atomic E-state index is -3.83. The number of rotatable bonds is 10. The van der Waals surface area contributed by atoms with Gasteiger partial charge in [0.05, 0.1) is 21.2 Å². The number of amides is 2. The molecule has 0 fully saturated rings. The zero-order chi connectivity index (χ0) is 29.6. The Bertz CT molecular complexity index is 1600. The molecule has 0 bridgehead atoms. The van der Waals surface area contributed by atoms with Crippen LogP contribution in [0.1, 0.15) is 13.8 Å². The van der Waals surface area contributed by atoms with Gasteiger partial charge >= 0.3 is 0 Å². The van der Waals surface area contributed by atoms with Crippen LogP contribution in [-0.4, -0.2) is 20.2 Å². The molecule has 0 unspecified atom stereocenters. The first-order valence-corrected chi connectivity index (χ1v) is 14.0. The summed E-state index contributed by atoms with van der Waals surface area (Å²) in [5.74, 6) is 0.905. The maximum Gasteiger partial charge on any atom is 0.250 e. The number of carbonyl (C=O) groups is 2. The number of hydrogen-bond donors (Lipinski definition) is 2. The molecule has 0 aliphatic rings. The Hall–Kier alpha value is -5.15. The van der Waals surface area contributed by atoms with Gasteiger partial charge in [-0.1, -0.05) is 37.4 Å². The van der Waals surface area contributed by atoms with Crippen LogP contribution in [0.15, 0.2) is 131 Å². The molecule has 0 aliphatic carbocycles. The van der Waals surface area contributed by atoms with Crippen molar-refractivity contribution in [3.63, 3.8) is 0 Å². The molecule has 2 amide bonds. The second kappa shape index (κ2) is 12.4. The van der Waals surface area contributed by atoms with Crippen LogP contribution in [0.3, 0.4) is 0 Å². The first-order chi connectivity index (χ1) is 19.5. The lowest BCUT2D eigenvalue weighted by Crippen LogP contribution is -2.12. The van der Waals surface area contributed by atoms with E-state index in [9.17, 15) is 18.0 Å². The van der Waals surface area contributed by atoms with E-state index in [1.54, 1.807) is 62.4 Å². The van der Waals surface area contributed by atoms with Crippen molar-refractivity contribution in [2.75, 3.05) is 10.6 Å². The van der Waals surface area contributed by atoms with Gasteiger partial charge in [0.25, 0.3) is 11.8 Å². The van der Waals surface area contributed by atoms with Gasteiger partial charge in [0, 0.05) is 11.1 Å². The molecule has 41 heavy (non-hydrogen) atoms. The van der Waals surface area contributed by atoms with E-state index in [0.717, 1.165) is 0 Å². The average Bonchev–Trinajstić information content (AvgIpc) is 2.95. The maximum atomic E-state index is 13.3. The molecule has 2 N–H and O–H groups in total. The zero-order valence-electron chi connectivity index (χ0n) is 22.5. The lowest BCUT2D eigenvalue weighted by Gasteiger charge is -2.13. The smallest absolute Gasteiger partial charge is 0.250 e. The Labute approximate surface area is 238 Å². The third-order valence-electron chi connectivity index (χ3n) is 5.77. The Balaban J connectivity index is 1.48. The van der Waals surface area contributed by atoms with E-state index < -0.39 is 9.84 Å². The summed E-state index contributed by atoms with van der Waals surface area (Å²) in [5.41, 5.74) is 1.62. The van der Waals surface area contributed by atoms with Crippen molar-refractivity contribution in [1.82, 2.24) is 0 Å². The quantitative estimate of drug-likeness (QED) is 0.197. The number of carbonyl (C=O) groups excluding carboxylic acids is 2. The molecule has 0 aliphatic heterocycles. The van der Waals surface area contributed by atoms with Crippen LogP contribution < -0.4 is 20.1 Å². The summed E-state index contributed by atoms with van der Waals surface area (Å²) < 4.78 is 38.3. The van der Waals surface area contributed by atoms with Gasteiger partial charge in [-0.25, -0.2) is 8.42 Å². The van der Waals surface area contributed by atoms with E-state index >= 15 is 0 Å². The van der Waals surface area contributed by atoms with Crippen molar-refractivity contribution in [3.05, 3.63) is 121 Å². The molecule has 4 aromatic carbocycles. The lowest BCUT2D eigenvalue weighted by atomic mass is 10.2. The summed E-state index contributed by atoms with van der Waals surface area (Å²) in [5, 5.41) is 5.46. The fourth-order valence-electron chi connectivity index (χ4n) is 3.54. The Morgan fingerprint density at radius 2 is 0.927 bits per heavy atom. The zero-order valence-corrected chi connectivity index (χ0v) is 23.3. The second-order valence-electron chi connectivity index (χ2n) is 9.11. The van der Waals surface area contributed by atoms with Crippen LogP contribution in [0.4, 0.5) is 11.4 Å². The highest BCUT2D eigenvalue weighted by atomic mass is 32.2. The monoisotopic (exact) mass is 568 g/mol. The minimum absolute atomic E-state index is 0.0789. The largest absolute Gasteiger partial charge is 0.455 e. The van der Waals surface area contributed by atoms with Crippen molar-refractivity contribution in [2.24, 2.45) is 0 Å². The van der Waals surface area contributed by atoms with Crippen LogP contribution in [-0.2, 0) is 19.4 Å². The molecule has 0 heterocycles. The average molecular weight is 569 g/mol. The van der Waals surface area contributed by atoms with Crippen molar-refractivity contribution in [2.45, 2.75) is 23.6 Å². The van der Waals surface area contributed by atoms with Gasteiger partial charge in [0.15, 0.2) is 11.5 Å². The number of para-hydroxylation sites is 4. The summed E-state index contributed by atoms with van der Waals surface area (Å²) in [6.07, 6.45) is 0. The summed E-state index contributed by atoms with van der Waals surface area (Å²) in [6, 6.07) is 25.8. The molecular formula is C32H28N2O6S. The third kappa shape index (κ3) is 7.09. The molecular weight excluding hydrogens is 540 g/mol. The van der Waals surface area contributed by atoms with E-state index in [-0.39, 0.29) is 21.6 Å². The number of sulfone groups is 1. The minimum Gasteiger partial charge on any atom is -0.455 e. The Morgan fingerprint density at radius 3 is 1.27 bits per heavy atom. The van der Waals surface area contributed by atoms with Gasteiger partial charge < -0.3 is 20.1 Å². The number of anilines is 2. The van der Waals surface area contributed by atoms with Gasteiger partial charge in [-0.2, -0.15) is 0 Å². The van der Waals surface area contributed by atoms with Crippen molar-refractivity contribution >= 4 is 33.0 Å². The van der Waals surface area contributed by atoms with Crippen LogP contribution in [0.2, 0.25) is 0 Å². The molecule has 0 saturated heterocycles. The molecule has 8 nitrogen and oxygen atoms in total. The highest BCUT2D eigenvalue weighted by molar-refractivity contribution is 7.91. The molecule has 4 aromatic rings. The van der Waals surface area contributed by atoms with Crippen LogP contribution >= 0.6 is 0 Å². The fourth-order valence-corrected chi connectivity index (χ4v) is 4.80. The number of benzene rings is 4. The van der Waals surface area contributed by atoms with Crippen LogP contribution in [0, 0.1) is 0 Å². The van der Waals surface area contributed by atoms with Crippen molar-refractivity contribution in [1.29, 1.82) is 0 Å². The van der Waals surface area contributed by atoms with E-state index in [4.69, 9.17) is 9.47 Å². The molecule has 9 heteroatoms. The SMILES string of the molecule is C=C(C)C(=O)Nc1ccccc1Oc1ccc(S(=O)(=O)c2ccc(Oc3ccccc3NC(=O)C(=C)C)cc2)cc1. The number of nitrogens with one attached hydrogen (secondary N) is 2. The van der Waals surface area contributed by atoms with E-state index in [0.29, 0.717) is 45.5 Å². The van der Waals surface area contributed by atoms with Crippen molar-refractivity contribution < 1.29 is 27.5 Å².